The Labute approximate surface area is 147 Å². The zero-order chi connectivity index (χ0) is 16.6. The fourth-order valence-electron chi connectivity index (χ4n) is 2.56. The van der Waals surface area contributed by atoms with Crippen molar-refractivity contribution in [3.63, 3.8) is 0 Å². The van der Waals surface area contributed by atoms with Gasteiger partial charge in [0, 0.05) is 36.2 Å². The lowest BCUT2D eigenvalue weighted by atomic mass is 10.2. The van der Waals surface area contributed by atoms with Gasteiger partial charge in [0.25, 0.3) is 0 Å². The number of carbonyl (C=O) groups is 1. The molecule has 0 aromatic heterocycles. The molecule has 0 radical (unpaired) electrons. The Morgan fingerprint density at radius 3 is 2.67 bits per heavy atom. The molecule has 3 rings (SSSR count). The highest BCUT2D eigenvalue weighted by atomic mass is 32.2. The zero-order valence-corrected chi connectivity index (χ0v) is 14.4. The van der Waals surface area contributed by atoms with Crippen molar-refractivity contribution >= 4 is 23.4 Å². The van der Waals surface area contributed by atoms with Crippen LogP contribution in [0.25, 0.3) is 0 Å². The molecule has 24 heavy (non-hydrogen) atoms. The number of anilines is 1. The first-order valence-electron chi connectivity index (χ1n) is 8.17. The molecule has 1 fully saturated rings. The fraction of sp³-hybridized carbons (Fsp3) is 0.316. The normalized spacial score (nSPS) is 17.2. The van der Waals surface area contributed by atoms with Crippen molar-refractivity contribution in [1.82, 2.24) is 5.32 Å². The largest absolute Gasteiger partial charge is 0.489 e. The fourth-order valence-corrected chi connectivity index (χ4v) is 3.51. The molecule has 1 aliphatic rings. The van der Waals surface area contributed by atoms with Crippen LogP contribution < -0.4 is 15.4 Å². The molecule has 1 atom stereocenters. The number of hydrogen-bond donors (Lipinski definition) is 2. The van der Waals surface area contributed by atoms with Crippen molar-refractivity contribution in [1.29, 1.82) is 0 Å². The van der Waals surface area contributed by atoms with Crippen LogP contribution in [0.4, 0.5) is 5.69 Å². The molecule has 0 bridgehead atoms. The van der Waals surface area contributed by atoms with Gasteiger partial charge in [0.05, 0.1) is 0 Å². The molecule has 126 valence electrons. The second kappa shape index (κ2) is 8.76. The van der Waals surface area contributed by atoms with E-state index in [2.05, 4.69) is 10.6 Å². The number of carbonyl (C=O) groups excluding carboxylic acids is 1. The topological polar surface area (TPSA) is 50.4 Å². The van der Waals surface area contributed by atoms with Gasteiger partial charge in [-0.05, 0) is 29.8 Å². The molecule has 0 aliphatic carbocycles. The quantitative estimate of drug-likeness (QED) is 0.846. The predicted octanol–water partition coefficient (Wildman–Crippen LogP) is 3.30. The molecule has 2 aromatic carbocycles. The van der Waals surface area contributed by atoms with Gasteiger partial charge in [0.2, 0.25) is 5.91 Å². The number of amides is 1. The smallest absolute Gasteiger partial charge is 0.225 e. The van der Waals surface area contributed by atoms with Crippen molar-refractivity contribution in [2.45, 2.75) is 19.1 Å². The minimum atomic E-state index is 0.0490. The number of thioether (sulfide) groups is 1. The van der Waals surface area contributed by atoms with Crippen LogP contribution in [-0.4, -0.2) is 30.0 Å². The van der Waals surface area contributed by atoms with Crippen LogP contribution in [0.5, 0.6) is 5.75 Å². The van der Waals surface area contributed by atoms with Crippen LogP contribution in [0.1, 0.15) is 12.0 Å². The lowest BCUT2D eigenvalue weighted by Crippen LogP contribution is -2.39. The lowest BCUT2D eigenvalue weighted by molar-refractivity contribution is -0.116. The summed E-state index contributed by atoms with van der Waals surface area (Å²) in [5, 5.41) is 6.32. The summed E-state index contributed by atoms with van der Waals surface area (Å²) in [6.07, 6.45) is 0.513. The summed E-state index contributed by atoms with van der Waals surface area (Å²) >= 11 is 1.90. The Hall–Kier alpha value is -1.98. The van der Waals surface area contributed by atoms with Crippen molar-refractivity contribution in [2.75, 3.05) is 23.4 Å². The Balaban J connectivity index is 1.46. The first kappa shape index (κ1) is 16.9. The summed E-state index contributed by atoms with van der Waals surface area (Å²) < 4.78 is 5.75. The summed E-state index contributed by atoms with van der Waals surface area (Å²) in [5.74, 6) is 2.97. The predicted molar refractivity (Wildman–Crippen MR) is 99.6 cm³/mol. The molecular weight excluding hydrogens is 320 g/mol. The van der Waals surface area contributed by atoms with Crippen LogP contribution in [0.15, 0.2) is 54.6 Å². The Morgan fingerprint density at radius 2 is 1.96 bits per heavy atom. The maximum Gasteiger partial charge on any atom is 0.225 e. The van der Waals surface area contributed by atoms with Crippen molar-refractivity contribution in [2.24, 2.45) is 0 Å². The third-order valence-electron chi connectivity index (χ3n) is 3.82. The van der Waals surface area contributed by atoms with Crippen molar-refractivity contribution in [3.8, 4) is 5.75 Å². The third kappa shape index (κ3) is 5.28. The molecule has 0 saturated carbocycles. The summed E-state index contributed by atoms with van der Waals surface area (Å²) in [4.78, 5) is 12.1. The highest BCUT2D eigenvalue weighted by molar-refractivity contribution is 7.99. The maximum atomic E-state index is 12.1. The Morgan fingerprint density at radius 1 is 1.17 bits per heavy atom. The van der Waals surface area contributed by atoms with Gasteiger partial charge in [0.1, 0.15) is 12.4 Å². The zero-order valence-electron chi connectivity index (χ0n) is 13.5. The second-order valence-electron chi connectivity index (χ2n) is 5.78. The average Bonchev–Trinajstić information content (AvgIpc) is 2.63. The molecule has 1 amide bonds. The second-order valence-corrected chi connectivity index (χ2v) is 6.93. The summed E-state index contributed by atoms with van der Waals surface area (Å²) in [7, 11) is 0. The molecule has 0 spiro atoms. The summed E-state index contributed by atoms with van der Waals surface area (Å²) in [6.45, 7) is 1.52. The maximum absolute atomic E-state index is 12.1. The van der Waals surface area contributed by atoms with Gasteiger partial charge in [-0.25, -0.2) is 0 Å². The van der Waals surface area contributed by atoms with E-state index >= 15 is 0 Å². The number of ether oxygens (including phenoxy) is 1. The van der Waals surface area contributed by atoms with Gasteiger partial charge in [-0.2, -0.15) is 11.8 Å². The minimum absolute atomic E-state index is 0.0490. The monoisotopic (exact) mass is 342 g/mol. The van der Waals surface area contributed by atoms with Gasteiger partial charge < -0.3 is 15.4 Å². The average molecular weight is 342 g/mol. The van der Waals surface area contributed by atoms with Crippen LogP contribution in [0.2, 0.25) is 0 Å². The van der Waals surface area contributed by atoms with Gasteiger partial charge in [-0.1, -0.05) is 30.3 Å². The molecule has 1 unspecified atom stereocenters. The van der Waals surface area contributed by atoms with Gasteiger partial charge in [-0.15, -0.1) is 0 Å². The van der Waals surface area contributed by atoms with Crippen LogP contribution in [0, 0.1) is 0 Å². The SMILES string of the molecule is O=C(CC1CSCCN1)Nc1ccc(OCc2ccccc2)cc1. The van der Waals surface area contributed by atoms with Crippen molar-refractivity contribution in [3.05, 3.63) is 60.2 Å². The van der Waals surface area contributed by atoms with Crippen LogP contribution in [0.3, 0.4) is 0 Å². The molecular formula is C19H22N2O2S. The number of benzene rings is 2. The van der Waals surface area contributed by atoms with Crippen LogP contribution >= 0.6 is 11.8 Å². The van der Waals surface area contributed by atoms with E-state index in [-0.39, 0.29) is 11.9 Å². The van der Waals surface area contributed by atoms with E-state index in [1.165, 1.54) is 0 Å². The molecule has 1 saturated heterocycles. The number of hydrogen-bond acceptors (Lipinski definition) is 4. The van der Waals surface area contributed by atoms with E-state index in [0.717, 1.165) is 35.1 Å². The van der Waals surface area contributed by atoms with Gasteiger partial charge >= 0.3 is 0 Å². The first-order chi connectivity index (χ1) is 11.8. The van der Waals surface area contributed by atoms with E-state index in [1.54, 1.807) is 0 Å². The number of nitrogens with one attached hydrogen (secondary N) is 2. The van der Waals surface area contributed by atoms with Crippen LogP contribution in [-0.2, 0) is 11.4 Å². The summed E-state index contributed by atoms with van der Waals surface area (Å²) in [5.41, 5.74) is 1.93. The first-order valence-corrected chi connectivity index (χ1v) is 9.33. The van der Waals surface area contributed by atoms with Gasteiger partial charge in [0.15, 0.2) is 0 Å². The van der Waals surface area contributed by atoms with E-state index in [4.69, 9.17) is 4.74 Å². The van der Waals surface area contributed by atoms with E-state index < -0.39 is 0 Å². The standard InChI is InChI=1S/C19H22N2O2S/c22-19(12-17-14-24-11-10-20-17)21-16-6-8-18(9-7-16)23-13-15-4-2-1-3-5-15/h1-9,17,20H,10-14H2,(H,21,22). The van der Waals surface area contributed by atoms with E-state index in [0.29, 0.717) is 13.0 Å². The molecule has 4 nitrogen and oxygen atoms in total. The number of rotatable bonds is 6. The van der Waals surface area contributed by atoms with Gasteiger partial charge in [-0.3, -0.25) is 4.79 Å². The summed E-state index contributed by atoms with van der Waals surface area (Å²) in [6, 6.07) is 17.8. The highest BCUT2D eigenvalue weighted by Gasteiger charge is 2.16. The molecule has 2 aromatic rings. The molecule has 5 heteroatoms. The third-order valence-corrected chi connectivity index (χ3v) is 4.95. The highest BCUT2D eigenvalue weighted by Crippen LogP contribution is 2.18. The molecule has 1 aliphatic heterocycles. The Bertz CT molecular complexity index is 640. The van der Waals surface area contributed by atoms with E-state index in [1.807, 2.05) is 66.4 Å². The molecule has 1 heterocycles. The van der Waals surface area contributed by atoms with E-state index in [9.17, 15) is 4.79 Å². The van der Waals surface area contributed by atoms with Crippen molar-refractivity contribution < 1.29 is 9.53 Å². The molecule has 2 N–H and O–H groups in total. The lowest BCUT2D eigenvalue weighted by Gasteiger charge is -2.22. The minimum Gasteiger partial charge on any atom is -0.489 e. The Kier molecular flexibility index (Phi) is 6.15.